The van der Waals surface area contributed by atoms with Crippen LogP contribution in [0.25, 0.3) is 0 Å². The van der Waals surface area contributed by atoms with E-state index >= 15 is 0 Å². The van der Waals surface area contributed by atoms with Crippen molar-refractivity contribution in [3.63, 3.8) is 0 Å². The Balaban J connectivity index is 1.55. The Morgan fingerprint density at radius 3 is 2.47 bits per heavy atom. The Labute approximate surface area is 204 Å². The van der Waals surface area contributed by atoms with Crippen molar-refractivity contribution >= 4 is 58.7 Å². The van der Waals surface area contributed by atoms with Gasteiger partial charge in [0, 0.05) is 15.5 Å². The number of carbonyl (C=O) groups excluding carboxylic acids is 1. The summed E-state index contributed by atoms with van der Waals surface area (Å²) in [6, 6.07) is 19.7. The van der Waals surface area contributed by atoms with Crippen LogP contribution in [0.1, 0.15) is 16.7 Å². The molecular weight excluding hydrogens is 489 g/mol. The number of rotatable bonds is 8. The van der Waals surface area contributed by atoms with Crippen molar-refractivity contribution in [2.24, 2.45) is 5.10 Å². The molecular formula is C23H16Cl3N3O2S. The first-order valence-electron chi connectivity index (χ1n) is 9.26. The fourth-order valence-electron chi connectivity index (χ4n) is 2.59. The first-order chi connectivity index (χ1) is 15.5. The van der Waals surface area contributed by atoms with Crippen LogP contribution in [0.3, 0.4) is 0 Å². The number of hydrogen-bond donors (Lipinski definition) is 1. The highest BCUT2D eigenvalue weighted by atomic mass is 35.5. The van der Waals surface area contributed by atoms with Crippen LogP contribution in [0.5, 0.6) is 5.75 Å². The summed E-state index contributed by atoms with van der Waals surface area (Å²) in [4.78, 5) is 12.9. The number of carbonyl (C=O) groups is 1. The minimum Gasteiger partial charge on any atom is -0.486 e. The average molecular weight is 505 g/mol. The lowest BCUT2D eigenvalue weighted by Crippen LogP contribution is -2.19. The van der Waals surface area contributed by atoms with Crippen molar-refractivity contribution in [2.75, 3.05) is 5.75 Å². The minimum atomic E-state index is -0.255. The van der Waals surface area contributed by atoms with Gasteiger partial charge < -0.3 is 4.74 Å². The molecule has 32 heavy (non-hydrogen) atoms. The van der Waals surface area contributed by atoms with Crippen LogP contribution < -0.4 is 10.2 Å². The van der Waals surface area contributed by atoms with Crippen molar-refractivity contribution in [1.82, 2.24) is 5.43 Å². The maximum absolute atomic E-state index is 12.0. The molecule has 5 nitrogen and oxygen atoms in total. The van der Waals surface area contributed by atoms with Crippen molar-refractivity contribution < 1.29 is 9.53 Å². The van der Waals surface area contributed by atoms with Crippen LogP contribution in [0, 0.1) is 11.3 Å². The van der Waals surface area contributed by atoms with Crippen LogP contribution in [0.2, 0.25) is 15.1 Å². The minimum absolute atomic E-state index is 0.151. The van der Waals surface area contributed by atoms with Crippen molar-refractivity contribution in [3.05, 3.63) is 92.4 Å². The summed E-state index contributed by atoms with van der Waals surface area (Å²) < 4.78 is 5.73. The third-order valence-electron chi connectivity index (χ3n) is 4.12. The molecule has 1 amide bonds. The van der Waals surface area contributed by atoms with Crippen molar-refractivity contribution in [1.29, 1.82) is 5.26 Å². The standard InChI is InChI=1S/C23H16Cl3N3O2S/c24-18-5-7-19(8-6-18)32-14-22(30)29-28-12-15-9-20(25)23(21(26)10-15)31-13-17-4-2-1-3-16(17)11-27/h1-10,12H,13-14H2,(H,29,30)/b28-12-. The van der Waals surface area contributed by atoms with Crippen LogP contribution in [-0.4, -0.2) is 17.9 Å². The van der Waals surface area contributed by atoms with Crippen molar-refractivity contribution in [2.45, 2.75) is 11.5 Å². The molecule has 0 saturated heterocycles. The number of ether oxygens (including phenoxy) is 1. The van der Waals surface area contributed by atoms with Gasteiger partial charge in [-0.3, -0.25) is 4.79 Å². The number of hydrazone groups is 1. The summed E-state index contributed by atoms with van der Waals surface area (Å²) in [6.45, 7) is 0.151. The molecule has 0 aliphatic carbocycles. The van der Waals surface area contributed by atoms with E-state index in [1.54, 1.807) is 42.5 Å². The predicted octanol–water partition coefficient (Wildman–Crippen LogP) is 6.34. The van der Waals surface area contributed by atoms with Gasteiger partial charge in [-0.25, -0.2) is 5.43 Å². The number of nitriles is 1. The molecule has 1 N–H and O–H groups in total. The smallest absolute Gasteiger partial charge is 0.250 e. The molecule has 3 aromatic carbocycles. The van der Waals surface area contributed by atoms with Gasteiger partial charge in [-0.15, -0.1) is 11.8 Å². The highest BCUT2D eigenvalue weighted by Gasteiger charge is 2.11. The van der Waals surface area contributed by atoms with Crippen LogP contribution in [0.4, 0.5) is 0 Å². The molecule has 0 heterocycles. The zero-order valence-corrected chi connectivity index (χ0v) is 19.6. The Morgan fingerprint density at radius 1 is 1.09 bits per heavy atom. The molecule has 0 fully saturated rings. The van der Waals surface area contributed by atoms with E-state index in [1.807, 2.05) is 18.2 Å². The van der Waals surface area contributed by atoms with Gasteiger partial charge in [0.25, 0.3) is 0 Å². The Kier molecular flexibility index (Phi) is 8.83. The fourth-order valence-corrected chi connectivity index (χ4v) is 4.02. The molecule has 0 aromatic heterocycles. The molecule has 9 heteroatoms. The molecule has 0 aliphatic heterocycles. The number of nitrogens with zero attached hydrogens (tertiary/aromatic N) is 2. The monoisotopic (exact) mass is 503 g/mol. The van der Waals surface area contributed by atoms with Gasteiger partial charge in [0.05, 0.1) is 33.6 Å². The quantitative estimate of drug-likeness (QED) is 0.221. The van der Waals surface area contributed by atoms with Crippen molar-refractivity contribution in [3.8, 4) is 11.8 Å². The van der Waals surface area contributed by atoms with Crippen LogP contribution in [-0.2, 0) is 11.4 Å². The molecule has 3 rings (SSSR count). The number of nitrogens with one attached hydrogen (secondary N) is 1. The van der Waals surface area contributed by atoms with E-state index < -0.39 is 0 Å². The zero-order chi connectivity index (χ0) is 22.9. The summed E-state index contributed by atoms with van der Waals surface area (Å²) in [5.74, 6) is 0.258. The molecule has 0 unspecified atom stereocenters. The van der Waals surface area contributed by atoms with E-state index in [2.05, 4.69) is 16.6 Å². The lowest BCUT2D eigenvalue weighted by atomic mass is 10.1. The molecule has 0 aliphatic rings. The Bertz CT molecular complexity index is 1150. The van der Waals surface area contributed by atoms with Gasteiger partial charge in [0.1, 0.15) is 6.61 Å². The molecule has 0 atom stereocenters. The van der Waals surface area contributed by atoms with E-state index in [9.17, 15) is 10.1 Å². The highest BCUT2D eigenvalue weighted by Crippen LogP contribution is 2.34. The first-order valence-corrected chi connectivity index (χ1v) is 11.4. The summed E-state index contributed by atoms with van der Waals surface area (Å²) in [5, 5.41) is 14.3. The number of amides is 1. The molecule has 0 spiro atoms. The van der Waals surface area contributed by atoms with Crippen LogP contribution in [0.15, 0.2) is 70.7 Å². The second kappa shape index (κ2) is 11.8. The van der Waals surface area contributed by atoms with Gasteiger partial charge in [-0.2, -0.15) is 10.4 Å². The number of hydrogen-bond acceptors (Lipinski definition) is 5. The molecule has 0 bridgehead atoms. The third-order valence-corrected chi connectivity index (χ3v) is 5.94. The van der Waals surface area contributed by atoms with Gasteiger partial charge in [0.15, 0.2) is 5.75 Å². The van der Waals surface area contributed by atoms with E-state index in [-0.39, 0.29) is 28.3 Å². The summed E-state index contributed by atoms with van der Waals surface area (Å²) in [5.41, 5.74) is 4.30. The number of thioether (sulfide) groups is 1. The largest absolute Gasteiger partial charge is 0.486 e. The summed E-state index contributed by atoms with van der Waals surface area (Å²) in [6.07, 6.45) is 1.44. The number of benzene rings is 3. The normalized spacial score (nSPS) is 10.7. The highest BCUT2D eigenvalue weighted by molar-refractivity contribution is 8.00. The molecule has 3 aromatic rings. The predicted molar refractivity (Wildman–Crippen MR) is 130 cm³/mol. The lowest BCUT2D eigenvalue weighted by Gasteiger charge is -2.11. The van der Waals surface area contributed by atoms with Gasteiger partial charge in [-0.05, 0) is 48.0 Å². The first kappa shape index (κ1) is 24.0. The number of halogens is 3. The zero-order valence-electron chi connectivity index (χ0n) is 16.5. The molecule has 0 saturated carbocycles. The fraction of sp³-hybridized carbons (Fsp3) is 0.0870. The molecule has 0 radical (unpaired) electrons. The average Bonchev–Trinajstić information content (AvgIpc) is 2.78. The maximum Gasteiger partial charge on any atom is 0.250 e. The molecule has 162 valence electrons. The second-order valence-corrected chi connectivity index (χ2v) is 8.71. The van der Waals surface area contributed by atoms with E-state index in [4.69, 9.17) is 39.5 Å². The summed E-state index contributed by atoms with van der Waals surface area (Å²) >= 11 is 19.8. The van der Waals surface area contributed by atoms with E-state index in [1.165, 1.54) is 18.0 Å². The third kappa shape index (κ3) is 6.91. The Hall–Kier alpha value is -2.69. The van der Waals surface area contributed by atoms with E-state index in [0.29, 0.717) is 21.9 Å². The topological polar surface area (TPSA) is 74.5 Å². The maximum atomic E-state index is 12.0. The van der Waals surface area contributed by atoms with E-state index in [0.717, 1.165) is 10.5 Å². The van der Waals surface area contributed by atoms with Gasteiger partial charge >= 0.3 is 0 Å². The van der Waals surface area contributed by atoms with Gasteiger partial charge in [0.2, 0.25) is 5.91 Å². The van der Waals surface area contributed by atoms with Crippen LogP contribution >= 0.6 is 46.6 Å². The second-order valence-electron chi connectivity index (χ2n) is 6.41. The summed E-state index contributed by atoms with van der Waals surface area (Å²) in [7, 11) is 0. The Morgan fingerprint density at radius 2 is 1.78 bits per heavy atom. The SMILES string of the molecule is N#Cc1ccccc1COc1c(Cl)cc(/C=N\NC(=O)CSc2ccc(Cl)cc2)cc1Cl. The lowest BCUT2D eigenvalue weighted by molar-refractivity contribution is -0.118. The van der Waals surface area contributed by atoms with Gasteiger partial charge in [-0.1, -0.05) is 53.0 Å².